The van der Waals surface area contributed by atoms with Crippen molar-refractivity contribution in [3.05, 3.63) is 64.7 Å². The molecule has 8 nitrogen and oxygen atoms in total. The molecule has 2 N–H and O–H groups in total. The summed E-state index contributed by atoms with van der Waals surface area (Å²) < 4.78 is 26.7. The van der Waals surface area contributed by atoms with E-state index < -0.39 is 41.6 Å². The topological polar surface area (TPSA) is 85.0 Å². The fourth-order valence-electron chi connectivity index (χ4n) is 4.45. The van der Waals surface area contributed by atoms with Crippen LogP contribution in [0, 0.1) is 11.6 Å². The number of rotatable bonds is 6. The summed E-state index contributed by atoms with van der Waals surface area (Å²) >= 11 is 6.01. The Balaban J connectivity index is 1.60. The summed E-state index contributed by atoms with van der Waals surface area (Å²) in [5.41, 5.74) is 3.99. The Morgan fingerprint density at radius 1 is 1.12 bits per heavy atom. The first-order valence-electron chi connectivity index (χ1n) is 10.8. The minimum absolute atomic E-state index is 0.0253. The Bertz CT molecular complexity index is 1120. The Hall–Kier alpha value is -3.08. The normalized spacial score (nSPS) is 22.8. The number of urea groups is 1. The molecule has 34 heavy (non-hydrogen) atoms. The van der Waals surface area contributed by atoms with Crippen LogP contribution in [0.15, 0.2) is 42.5 Å². The van der Waals surface area contributed by atoms with E-state index in [4.69, 9.17) is 11.6 Å². The summed E-state index contributed by atoms with van der Waals surface area (Å²) in [7, 11) is 0. The molecule has 4 amide bonds. The third kappa shape index (κ3) is 4.61. The molecule has 3 atom stereocenters. The Labute approximate surface area is 200 Å². The van der Waals surface area contributed by atoms with E-state index in [1.165, 1.54) is 35.2 Å². The van der Waals surface area contributed by atoms with Gasteiger partial charge < -0.3 is 10.2 Å². The highest BCUT2D eigenvalue weighted by atomic mass is 35.5. The van der Waals surface area contributed by atoms with E-state index in [-0.39, 0.29) is 29.8 Å². The van der Waals surface area contributed by atoms with Gasteiger partial charge in [0.1, 0.15) is 24.2 Å². The zero-order valence-corrected chi connectivity index (χ0v) is 19.4. The minimum Gasteiger partial charge on any atom is -0.323 e. The van der Waals surface area contributed by atoms with E-state index in [9.17, 15) is 23.2 Å². The molecule has 2 aromatic carbocycles. The van der Waals surface area contributed by atoms with Crippen molar-refractivity contribution in [1.29, 1.82) is 0 Å². The van der Waals surface area contributed by atoms with E-state index in [1.807, 2.05) is 13.8 Å². The fraction of sp³-hybridized carbons (Fsp3) is 0.348. The first-order chi connectivity index (χ1) is 16.2. The highest BCUT2D eigenvalue weighted by Gasteiger charge is 2.54. The molecule has 180 valence electrons. The van der Waals surface area contributed by atoms with E-state index in [0.29, 0.717) is 12.1 Å². The van der Waals surface area contributed by atoms with Gasteiger partial charge in [-0.25, -0.2) is 24.0 Å². The van der Waals surface area contributed by atoms with Crippen LogP contribution in [-0.4, -0.2) is 63.9 Å². The van der Waals surface area contributed by atoms with Crippen LogP contribution in [0.3, 0.4) is 0 Å². The van der Waals surface area contributed by atoms with Crippen molar-refractivity contribution in [3.63, 3.8) is 0 Å². The highest BCUT2D eigenvalue weighted by molar-refractivity contribution is 6.33. The molecule has 0 spiro atoms. The lowest BCUT2D eigenvalue weighted by molar-refractivity contribution is -0.140. The van der Waals surface area contributed by atoms with Crippen molar-refractivity contribution in [3.8, 4) is 0 Å². The first kappa shape index (κ1) is 24.1. The smallest absolute Gasteiger partial charge is 0.323 e. The van der Waals surface area contributed by atoms with Gasteiger partial charge in [0.25, 0.3) is 5.91 Å². The van der Waals surface area contributed by atoms with Gasteiger partial charge in [-0.2, -0.15) is 0 Å². The number of likely N-dealkylation sites (N-methyl/N-ethyl adjacent to an activating group) is 1. The Morgan fingerprint density at radius 3 is 2.44 bits per heavy atom. The van der Waals surface area contributed by atoms with Crippen LogP contribution >= 0.6 is 11.6 Å². The van der Waals surface area contributed by atoms with Crippen molar-refractivity contribution in [2.24, 2.45) is 0 Å². The average Bonchev–Trinajstić information content (AvgIpc) is 3.14. The van der Waals surface area contributed by atoms with Crippen LogP contribution < -0.4 is 10.7 Å². The van der Waals surface area contributed by atoms with Crippen LogP contribution in [0.5, 0.6) is 0 Å². The van der Waals surface area contributed by atoms with Gasteiger partial charge in [-0.1, -0.05) is 30.7 Å². The number of hydrazine groups is 1. The van der Waals surface area contributed by atoms with Crippen LogP contribution in [-0.2, 0) is 16.1 Å². The fourth-order valence-corrected chi connectivity index (χ4v) is 4.66. The summed E-state index contributed by atoms with van der Waals surface area (Å²) in [6, 6.07) is 6.90. The van der Waals surface area contributed by atoms with E-state index >= 15 is 0 Å². The van der Waals surface area contributed by atoms with Gasteiger partial charge in [-0.05, 0) is 42.8 Å². The summed E-state index contributed by atoms with van der Waals surface area (Å²) in [4.78, 5) is 42.1. The largest absolute Gasteiger partial charge is 0.327 e. The maximum atomic E-state index is 13.4. The molecule has 2 aliphatic rings. The third-order valence-electron chi connectivity index (χ3n) is 6.01. The molecule has 11 heteroatoms. The second kappa shape index (κ2) is 9.65. The number of imide groups is 1. The molecule has 0 radical (unpaired) electrons. The number of anilines is 1. The van der Waals surface area contributed by atoms with Crippen LogP contribution in [0.25, 0.3) is 0 Å². The standard InChI is InChI=1S/C23H24ClF2N5O3/c1-3-31-21-20(13(2)28-31)29(12-19(32)27-18-9-8-16(26)10-17(18)24)23(34)30(22(21)33)11-14-4-6-15(25)7-5-14/h4-10,13,20-21,28H,3,11-12H2,1-2H3,(H,27,32). The molecule has 3 unspecified atom stereocenters. The van der Waals surface area contributed by atoms with Gasteiger partial charge in [-0.15, -0.1) is 0 Å². The number of amides is 4. The van der Waals surface area contributed by atoms with Crippen molar-refractivity contribution < 1.29 is 23.2 Å². The molecular weight excluding hydrogens is 468 g/mol. The first-order valence-corrected chi connectivity index (χ1v) is 11.2. The summed E-state index contributed by atoms with van der Waals surface area (Å²) in [6.45, 7) is 3.81. The Kier molecular flexibility index (Phi) is 6.83. The second-order valence-electron chi connectivity index (χ2n) is 8.27. The SMILES string of the molecule is CCN1NC(C)C2C1C(=O)N(Cc1ccc(F)cc1)C(=O)N2CC(=O)Nc1ccc(F)cc1Cl. The molecule has 0 aliphatic carbocycles. The highest BCUT2D eigenvalue weighted by Crippen LogP contribution is 2.30. The van der Waals surface area contributed by atoms with E-state index in [1.54, 1.807) is 5.01 Å². The molecule has 2 fully saturated rings. The number of nitrogens with one attached hydrogen (secondary N) is 2. The zero-order valence-electron chi connectivity index (χ0n) is 18.6. The van der Waals surface area contributed by atoms with Crippen LogP contribution in [0.2, 0.25) is 5.02 Å². The van der Waals surface area contributed by atoms with E-state index in [2.05, 4.69) is 10.7 Å². The number of carbonyl (C=O) groups excluding carboxylic acids is 3. The molecule has 0 aromatic heterocycles. The number of nitrogens with zero attached hydrogens (tertiary/aromatic N) is 3. The minimum atomic E-state index is -0.694. The maximum absolute atomic E-state index is 13.4. The van der Waals surface area contributed by atoms with Crippen molar-refractivity contribution in [2.45, 2.75) is 38.5 Å². The van der Waals surface area contributed by atoms with Crippen LogP contribution in [0.4, 0.5) is 19.3 Å². The van der Waals surface area contributed by atoms with Crippen molar-refractivity contribution in [1.82, 2.24) is 20.2 Å². The van der Waals surface area contributed by atoms with Crippen molar-refractivity contribution >= 4 is 35.1 Å². The third-order valence-corrected chi connectivity index (χ3v) is 6.32. The number of hydrogen-bond acceptors (Lipinski definition) is 5. The van der Waals surface area contributed by atoms with Gasteiger partial charge in [0.05, 0.1) is 23.3 Å². The van der Waals surface area contributed by atoms with E-state index in [0.717, 1.165) is 17.0 Å². The monoisotopic (exact) mass is 491 g/mol. The molecule has 4 rings (SSSR count). The van der Waals surface area contributed by atoms with Gasteiger partial charge >= 0.3 is 6.03 Å². The lowest BCUT2D eigenvalue weighted by Gasteiger charge is -2.43. The summed E-state index contributed by atoms with van der Waals surface area (Å²) in [5, 5.41) is 4.38. The van der Waals surface area contributed by atoms with Crippen molar-refractivity contribution in [2.75, 3.05) is 18.4 Å². The average molecular weight is 492 g/mol. The van der Waals surface area contributed by atoms with Gasteiger partial charge in [0, 0.05) is 12.6 Å². The molecule has 2 aliphatic heterocycles. The summed E-state index contributed by atoms with van der Waals surface area (Å²) in [5.74, 6) is -1.91. The number of fused-ring (bicyclic) bond motifs is 1. The lowest BCUT2D eigenvalue weighted by Crippen LogP contribution is -2.67. The Morgan fingerprint density at radius 2 is 1.79 bits per heavy atom. The number of halogens is 3. The number of hydrogen-bond donors (Lipinski definition) is 2. The molecule has 2 heterocycles. The second-order valence-corrected chi connectivity index (χ2v) is 8.68. The molecular formula is C23H24ClF2N5O3. The number of benzene rings is 2. The summed E-state index contributed by atoms with van der Waals surface area (Å²) in [6.07, 6.45) is 0. The van der Waals surface area contributed by atoms with Gasteiger partial charge in [0.2, 0.25) is 5.91 Å². The van der Waals surface area contributed by atoms with Crippen LogP contribution in [0.1, 0.15) is 19.4 Å². The molecule has 0 bridgehead atoms. The molecule has 2 saturated heterocycles. The molecule has 2 aromatic rings. The quantitative estimate of drug-likeness (QED) is 0.649. The molecule has 0 saturated carbocycles. The maximum Gasteiger partial charge on any atom is 0.327 e. The van der Waals surface area contributed by atoms with Gasteiger partial charge in [0.15, 0.2) is 0 Å². The van der Waals surface area contributed by atoms with Gasteiger partial charge in [-0.3, -0.25) is 14.5 Å². The predicted molar refractivity (Wildman–Crippen MR) is 122 cm³/mol. The zero-order chi connectivity index (χ0) is 24.6. The predicted octanol–water partition coefficient (Wildman–Crippen LogP) is 2.99. The number of carbonyl (C=O) groups is 3. The lowest BCUT2D eigenvalue weighted by atomic mass is 9.97.